The third-order valence-corrected chi connectivity index (χ3v) is 3.78. The zero-order valence-electron chi connectivity index (χ0n) is 12.0. The molecule has 0 aromatic heterocycles. The molecule has 112 valence electrons. The van der Waals surface area contributed by atoms with E-state index >= 15 is 0 Å². The van der Waals surface area contributed by atoms with Gasteiger partial charge in [-0.1, -0.05) is 24.3 Å². The molecule has 6 heteroatoms. The monoisotopic (exact) mass is 290 g/mol. The largest absolute Gasteiger partial charge is 0.481 e. The van der Waals surface area contributed by atoms with Gasteiger partial charge in [0.2, 0.25) is 11.8 Å². The van der Waals surface area contributed by atoms with Crippen molar-refractivity contribution in [2.75, 3.05) is 7.05 Å². The molecule has 2 N–H and O–H groups in total. The third kappa shape index (κ3) is 3.28. The summed E-state index contributed by atoms with van der Waals surface area (Å²) in [4.78, 5) is 35.2. The summed E-state index contributed by atoms with van der Waals surface area (Å²) >= 11 is 0. The van der Waals surface area contributed by atoms with Crippen LogP contribution in [-0.2, 0) is 20.9 Å². The zero-order chi connectivity index (χ0) is 15.6. The third-order valence-electron chi connectivity index (χ3n) is 3.78. The lowest BCUT2D eigenvalue weighted by Gasteiger charge is -2.12. The Labute approximate surface area is 122 Å². The number of likely N-dealkylation sites (N-methyl/N-ethyl adjacent to an activating group) is 1. The number of likely N-dealkylation sites (tertiary alicyclic amines) is 1. The molecule has 1 aliphatic rings. The van der Waals surface area contributed by atoms with Gasteiger partial charge in [-0.2, -0.15) is 0 Å². The van der Waals surface area contributed by atoms with E-state index in [9.17, 15) is 14.4 Å². The SMILES string of the molecule is CC(C(=O)O)c1ccc(CNC2CC(=O)N(C)C2=O)cc1. The molecule has 0 spiro atoms. The molecule has 1 fully saturated rings. The number of carbonyl (C=O) groups is 3. The number of nitrogens with one attached hydrogen (secondary N) is 1. The van der Waals surface area contributed by atoms with Crippen LogP contribution in [0.15, 0.2) is 24.3 Å². The van der Waals surface area contributed by atoms with Crippen molar-refractivity contribution in [1.82, 2.24) is 10.2 Å². The Kier molecular flexibility index (Phi) is 4.37. The molecular formula is C15H18N2O4. The van der Waals surface area contributed by atoms with E-state index in [1.807, 2.05) is 12.1 Å². The summed E-state index contributed by atoms with van der Waals surface area (Å²) in [6.07, 6.45) is 0.184. The number of imide groups is 1. The topological polar surface area (TPSA) is 86.7 Å². The number of carbonyl (C=O) groups excluding carboxylic acids is 2. The van der Waals surface area contributed by atoms with E-state index in [1.54, 1.807) is 19.1 Å². The standard InChI is InChI=1S/C15H18N2O4/c1-9(15(20)21)11-5-3-10(4-6-11)8-16-12-7-13(18)17(2)14(12)19/h3-6,9,12,16H,7-8H2,1-2H3,(H,20,21). The van der Waals surface area contributed by atoms with Crippen LogP contribution in [0.4, 0.5) is 0 Å². The van der Waals surface area contributed by atoms with E-state index in [1.165, 1.54) is 7.05 Å². The maximum Gasteiger partial charge on any atom is 0.310 e. The average molecular weight is 290 g/mol. The summed E-state index contributed by atoms with van der Waals surface area (Å²) in [7, 11) is 1.48. The van der Waals surface area contributed by atoms with Crippen molar-refractivity contribution >= 4 is 17.8 Å². The highest BCUT2D eigenvalue weighted by atomic mass is 16.4. The number of benzene rings is 1. The van der Waals surface area contributed by atoms with Crippen LogP contribution in [0, 0.1) is 0 Å². The molecule has 1 aliphatic heterocycles. The van der Waals surface area contributed by atoms with Gasteiger partial charge in [0, 0.05) is 13.6 Å². The first-order valence-corrected chi connectivity index (χ1v) is 6.75. The van der Waals surface area contributed by atoms with Crippen molar-refractivity contribution in [1.29, 1.82) is 0 Å². The minimum absolute atomic E-state index is 0.178. The molecule has 0 radical (unpaired) electrons. The first-order chi connectivity index (χ1) is 9.90. The van der Waals surface area contributed by atoms with Gasteiger partial charge in [0.1, 0.15) is 0 Å². The Morgan fingerprint density at radius 1 is 1.38 bits per heavy atom. The maximum atomic E-state index is 11.7. The summed E-state index contributed by atoms with van der Waals surface area (Å²) < 4.78 is 0. The number of hydrogen-bond donors (Lipinski definition) is 2. The molecule has 2 rings (SSSR count). The molecule has 6 nitrogen and oxygen atoms in total. The number of nitrogens with zero attached hydrogens (tertiary/aromatic N) is 1. The fourth-order valence-corrected chi connectivity index (χ4v) is 2.22. The molecule has 2 amide bonds. The minimum atomic E-state index is -0.862. The van der Waals surface area contributed by atoms with Crippen LogP contribution in [-0.4, -0.2) is 40.9 Å². The van der Waals surface area contributed by atoms with Gasteiger partial charge in [0.05, 0.1) is 18.4 Å². The lowest BCUT2D eigenvalue weighted by Crippen LogP contribution is -2.36. The molecular weight excluding hydrogens is 272 g/mol. The van der Waals surface area contributed by atoms with Gasteiger partial charge < -0.3 is 10.4 Å². The number of carboxylic acids is 1. The average Bonchev–Trinajstić information content (AvgIpc) is 2.72. The van der Waals surface area contributed by atoms with E-state index in [2.05, 4.69) is 5.32 Å². The maximum absolute atomic E-state index is 11.7. The number of rotatable bonds is 5. The van der Waals surface area contributed by atoms with Gasteiger partial charge in [-0.25, -0.2) is 0 Å². The van der Waals surface area contributed by atoms with E-state index in [0.717, 1.165) is 16.0 Å². The van der Waals surface area contributed by atoms with Crippen LogP contribution in [0.1, 0.15) is 30.4 Å². The lowest BCUT2D eigenvalue weighted by atomic mass is 10.00. The second-order valence-electron chi connectivity index (χ2n) is 5.23. The first kappa shape index (κ1) is 15.2. The molecule has 0 bridgehead atoms. The number of aliphatic carboxylic acids is 1. The highest BCUT2D eigenvalue weighted by Gasteiger charge is 2.35. The number of amides is 2. The molecule has 21 heavy (non-hydrogen) atoms. The second kappa shape index (κ2) is 6.05. The van der Waals surface area contributed by atoms with Gasteiger partial charge >= 0.3 is 5.97 Å². The highest BCUT2D eigenvalue weighted by Crippen LogP contribution is 2.16. The molecule has 1 heterocycles. The minimum Gasteiger partial charge on any atom is -0.481 e. The van der Waals surface area contributed by atoms with Crippen LogP contribution < -0.4 is 5.32 Å². The summed E-state index contributed by atoms with van der Waals surface area (Å²) in [5.74, 6) is -1.80. The van der Waals surface area contributed by atoms with Gasteiger partial charge in [-0.3, -0.25) is 19.3 Å². The Bertz CT molecular complexity index is 568. The highest BCUT2D eigenvalue weighted by molar-refractivity contribution is 6.05. The number of hydrogen-bond acceptors (Lipinski definition) is 4. The molecule has 0 saturated carbocycles. The van der Waals surface area contributed by atoms with E-state index in [-0.39, 0.29) is 18.2 Å². The van der Waals surface area contributed by atoms with Gasteiger partial charge in [0.15, 0.2) is 0 Å². The molecule has 0 aliphatic carbocycles. The Morgan fingerprint density at radius 3 is 2.48 bits per heavy atom. The van der Waals surface area contributed by atoms with Gasteiger partial charge in [0.25, 0.3) is 0 Å². The second-order valence-corrected chi connectivity index (χ2v) is 5.23. The van der Waals surface area contributed by atoms with Gasteiger partial charge in [-0.05, 0) is 18.1 Å². The van der Waals surface area contributed by atoms with Crippen molar-refractivity contribution in [3.05, 3.63) is 35.4 Å². The Morgan fingerprint density at radius 2 is 2.00 bits per heavy atom. The lowest BCUT2D eigenvalue weighted by molar-refractivity contribution is -0.139. The zero-order valence-corrected chi connectivity index (χ0v) is 12.0. The molecule has 2 atom stereocenters. The first-order valence-electron chi connectivity index (χ1n) is 6.75. The number of carboxylic acid groups (broad SMARTS) is 1. The predicted octanol–water partition coefficient (Wildman–Crippen LogP) is 0.722. The fourth-order valence-electron chi connectivity index (χ4n) is 2.22. The summed E-state index contributed by atoms with van der Waals surface area (Å²) in [6.45, 7) is 2.09. The Hall–Kier alpha value is -2.21. The normalized spacial score (nSPS) is 19.9. The molecule has 2 unspecified atom stereocenters. The van der Waals surface area contributed by atoms with Crippen LogP contribution in [0.5, 0.6) is 0 Å². The molecule has 1 saturated heterocycles. The van der Waals surface area contributed by atoms with Crippen molar-refractivity contribution < 1.29 is 19.5 Å². The van der Waals surface area contributed by atoms with Crippen molar-refractivity contribution in [3.8, 4) is 0 Å². The summed E-state index contributed by atoms with van der Waals surface area (Å²) in [6, 6.07) is 6.71. The summed E-state index contributed by atoms with van der Waals surface area (Å²) in [5, 5.41) is 12.0. The smallest absolute Gasteiger partial charge is 0.310 e. The van der Waals surface area contributed by atoms with E-state index in [0.29, 0.717) is 6.54 Å². The van der Waals surface area contributed by atoms with Gasteiger partial charge in [-0.15, -0.1) is 0 Å². The Balaban J connectivity index is 1.94. The van der Waals surface area contributed by atoms with Crippen LogP contribution >= 0.6 is 0 Å². The summed E-state index contributed by atoms with van der Waals surface area (Å²) in [5.41, 5.74) is 1.67. The van der Waals surface area contributed by atoms with Crippen LogP contribution in [0.3, 0.4) is 0 Å². The van der Waals surface area contributed by atoms with E-state index < -0.39 is 17.9 Å². The van der Waals surface area contributed by atoms with Crippen molar-refractivity contribution in [2.45, 2.75) is 31.8 Å². The van der Waals surface area contributed by atoms with Crippen molar-refractivity contribution in [2.24, 2.45) is 0 Å². The van der Waals surface area contributed by atoms with E-state index in [4.69, 9.17) is 5.11 Å². The molecule has 1 aromatic rings. The fraction of sp³-hybridized carbons (Fsp3) is 0.400. The molecule has 1 aromatic carbocycles. The van der Waals surface area contributed by atoms with Crippen LogP contribution in [0.2, 0.25) is 0 Å². The van der Waals surface area contributed by atoms with Crippen LogP contribution in [0.25, 0.3) is 0 Å². The predicted molar refractivity (Wildman–Crippen MR) is 75.5 cm³/mol. The van der Waals surface area contributed by atoms with Crippen molar-refractivity contribution in [3.63, 3.8) is 0 Å². The quantitative estimate of drug-likeness (QED) is 0.780.